The molecule has 0 aromatic carbocycles. The van der Waals surface area contributed by atoms with E-state index in [0.717, 1.165) is 6.07 Å². The largest absolute Gasteiger partial charge is 0.497 e. The van der Waals surface area contributed by atoms with Crippen LogP contribution in [-0.2, 0) is 6.44 Å². The van der Waals surface area contributed by atoms with Gasteiger partial charge in [0.1, 0.15) is 0 Å². The van der Waals surface area contributed by atoms with E-state index in [1.807, 2.05) is 0 Å². The number of ether oxygens (including phenoxy) is 1. The zero-order valence-corrected chi connectivity index (χ0v) is 8.21. The quantitative estimate of drug-likeness (QED) is 0.713. The van der Waals surface area contributed by atoms with Crippen molar-refractivity contribution in [3.63, 3.8) is 0 Å². The van der Waals surface area contributed by atoms with Crippen LogP contribution >= 0.6 is 0 Å². The van der Waals surface area contributed by atoms with Crippen LogP contribution < -0.4 is 10.3 Å². The van der Waals surface area contributed by atoms with Gasteiger partial charge in [0.05, 0.1) is 7.11 Å². The molecule has 0 fully saturated rings. The van der Waals surface area contributed by atoms with Crippen LogP contribution in [0.25, 0.3) is 0 Å². The van der Waals surface area contributed by atoms with Crippen LogP contribution in [0.5, 0.6) is 6.01 Å². The summed E-state index contributed by atoms with van der Waals surface area (Å²) < 4.78 is 41.6. The lowest BCUT2D eigenvalue weighted by Crippen LogP contribution is -2.33. The van der Waals surface area contributed by atoms with Crippen molar-refractivity contribution in [1.29, 1.82) is 0 Å². The van der Waals surface area contributed by atoms with Crippen molar-refractivity contribution in [2.45, 2.75) is 13.4 Å². The molecular formula is C7H9BF3N2O2-. The van der Waals surface area contributed by atoms with Gasteiger partial charge in [-0.25, -0.2) is 4.98 Å². The molecule has 0 saturated heterocycles. The van der Waals surface area contributed by atoms with Gasteiger partial charge in [0.25, 0.3) is 11.6 Å². The van der Waals surface area contributed by atoms with E-state index in [9.17, 15) is 17.7 Å². The number of aromatic nitrogens is 2. The molecule has 0 saturated carbocycles. The van der Waals surface area contributed by atoms with Crippen molar-refractivity contribution in [3.05, 3.63) is 22.1 Å². The first-order valence-electron chi connectivity index (χ1n) is 4.17. The van der Waals surface area contributed by atoms with E-state index in [4.69, 9.17) is 0 Å². The molecule has 1 rings (SSSR count). The number of halogens is 3. The smallest absolute Gasteiger partial charge is 0.468 e. The molecule has 4 nitrogen and oxygen atoms in total. The summed E-state index contributed by atoms with van der Waals surface area (Å²) >= 11 is 0. The maximum atomic E-state index is 12.2. The van der Waals surface area contributed by atoms with Gasteiger partial charge >= 0.3 is 6.98 Å². The van der Waals surface area contributed by atoms with Gasteiger partial charge in [-0.2, -0.15) is 0 Å². The summed E-state index contributed by atoms with van der Waals surface area (Å²) in [4.78, 5) is 14.9. The predicted molar refractivity (Wildman–Crippen MR) is 48.9 cm³/mol. The molecular weight excluding hydrogens is 212 g/mol. The SMILES string of the molecule is COc1nc(C)cc(=O)n1C[B-](F)(F)F. The van der Waals surface area contributed by atoms with Gasteiger partial charge in [0.2, 0.25) is 0 Å². The van der Waals surface area contributed by atoms with Gasteiger partial charge in [0, 0.05) is 18.2 Å². The van der Waals surface area contributed by atoms with Crippen molar-refractivity contribution in [3.8, 4) is 6.01 Å². The second-order valence-electron chi connectivity index (χ2n) is 3.04. The fourth-order valence-electron chi connectivity index (χ4n) is 1.13. The molecule has 1 aromatic rings. The van der Waals surface area contributed by atoms with Crippen molar-refractivity contribution in [1.82, 2.24) is 9.55 Å². The van der Waals surface area contributed by atoms with Crippen LogP contribution in [0.4, 0.5) is 12.9 Å². The molecule has 0 spiro atoms. The summed E-state index contributed by atoms with van der Waals surface area (Å²) in [5, 5.41) is 0. The third-order valence-corrected chi connectivity index (χ3v) is 1.67. The molecule has 0 aliphatic carbocycles. The van der Waals surface area contributed by atoms with E-state index in [-0.39, 0.29) is 6.01 Å². The first-order chi connectivity index (χ1) is 6.83. The lowest BCUT2D eigenvalue weighted by molar-refractivity contribution is 0.340. The number of hydrogen-bond acceptors (Lipinski definition) is 3. The molecule has 0 aliphatic rings. The van der Waals surface area contributed by atoms with E-state index in [2.05, 4.69) is 9.72 Å². The van der Waals surface area contributed by atoms with Crippen LogP contribution in [0.2, 0.25) is 0 Å². The van der Waals surface area contributed by atoms with Crippen LogP contribution in [0.1, 0.15) is 5.69 Å². The van der Waals surface area contributed by atoms with Crippen molar-refractivity contribution in [2.24, 2.45) is 0 Å². The van der Waals surface area contributed by atoms with Gasteiger partial charge in [-0.15, -0.1) is 0 Å². The summed E-state index contributed by atoms with van der Waals surface area (Å²) in [6.07, 6.45) is -1.34. The van der Waals surface area contributed by atoms with Gasteiger partial charge in [-0.05, 0) is 6.92 Å². The third kappa shape index (κ3) is 3.00. The topological polar surface area (TPSA) is 44.1 Å². The molecule has 0 aliphatic heterocycles. The second kappa shape index (κ2) is 3.96. The Bertz CT molecular complexity index is 416. The number of aryl methyl sites for hydroxylation is 1. The number of methoxy groups -OCH3 is 1. The minimum Gasteiger partial charge on any atom is -0.468 e. The van der Waals surface area contributed by atoms with E-state index in [0.29, 0.717) is 10.3 Å². The Kier molecular flexibility index (Phi) is 3.06. The van der Waals surface area contributed by atoms with Crippen LogP contribution in [0.3, 0.4) is 0 Å². The molecule has 0 unspecified atom stereocenters. The molecule has 0 N–H and O–H groups in total. The monoisotopic (exact) mass is 221 g/mol. The van der Waals surface area contributed by atoms with Crippen LogP contribution in [0.15, 0.2) is 10.9 Å². The number of hydrogen-bond donors (Lipinski definition) is 0. The van der Waals surface area contributed by atoms with Crippen molar-refractivity contribution < 1.29 is 17.7 Å². The standard InChI is InChI=1S/C7H9BF3N2O2/c1-5-3-6(14)13(4-8(9,10)11)7(12-5)15-2/h3H,4H2,1-2H3/q-1. The van der Waals surface area contributed by atoms with E-state index >= 15 is 0 Å². The van der Waals surface area contributed by atoms with Crippen LogP contribution in [0, 0.1) is 6.92 Å². The lowest BCUT2D eigenvalue weighted by Gasteiger charge is -2.17. The first kappa shape index (κ1) is 11.6. The van der Waals surface area contributed by atoms with Gasteiger partial charge < -0.3 is 17.7 Å². The molecule has 0 amide bonds. The summed E-state index contributed by atoms with van der Waals surface area (Å²) in [5.41, 5.74) is -0.443. The highest BCUT2D eigenvalue weighted by Gasteiger charge is 2.26. The Morgan fingerprint density at radius 2 is 2.13 bits per heavy atom. The maximum Gasteiger partial charge on any atom is 0.497 e. The highest BCUT2D eigenvalue weighted by molar-refractivity contribution is 6.57. The average Bonchev–Trinajstić information content (AvgIpc) is 2.07. The summed E-state index contributed by atoms with van der Waals surface area (Å²) in [5.74, 6) is 0. The summed E-state index contributed by atoms with van der Waals surface area (Å²) in [6.45, 7) is -3.59. The Labute approximate surface area is 83.8 Å². The molecule has 0 atom stereocenters. The first-order valence-corrected chi connectivity index (χ1v) is 4.17. The highest BCUT2D eigenvalue weighted by atomic mass is 19.4. The van der Waals surface area contributed by atoms with Crippen LogP contribution in [-0.4, -0.2) is 23.6 Å². The minimum atomic E-state index is -5.10. The molecule has 8 heteroatoms. The Balaban J connectivity index is 3.22. The second-order valence-corrected chi connectivity index (χ2v) is 3.04. The zero-order valence-electron chi connectivity index (χ0n) is 8.21. The van der Waals surface area contributed by atoms with E-state index in [1.165, 1.54) is 14.0 Å². The highest BCUT2D eigenvalue weighted by Crippen LogP contribution is 2.14. The molecule has 84 valence electrons. The predicted octanol–water partition coefficient (Wildman–Crippen LogP) is 0.947. The number of rotatable bonds is 3. The maximum absolute atomic E-state index is 12.2. The van der Waals surface area contributed by atoms with Gasteiger partial charge in [0.15, 0.2) is 0 Å². The Morgan fingerprint density at radius 3 is 2.60 bits per heavy atom. The normalized spacial score (nSPS) is 11.5. The molecule has 0 bridgehead atoms. The third-order valence-electron chi connectivity index (χ3n) is 1.67. The van der Waals surface area contributed by atoms with Gasteiger partial charge in [-0.1, -0.05) is 0 Å². The Hall–Kier alpha value is -1.47. The van der Waals surface area contributed by atoms with E-state index < -0.39 is 19.0 Å². The average molecular weight is 221 g/mol. The molecule has 1 heterocycles. The van der Waals surface area contributed by atoms with Crippen molar-refractivity contribution >= 4 is 6.98 Å². The lowest BCUT2D eigenvalue weighted by atomic mass is 9.92. The van der Waals surface area contributed by atoms with E-state index in [1.54, 1.807) is 0 Å². The Morgan fingerprint density at radius 1 is 1.53 bits per heavy atom. The summed E-state index contributed by atoms with van der Waals surface area (Å²) in [6, 6.07) is 0.712. The summed E-state index contributed by atoms with van der Waals surface area (Å²) in [7, 11) is 1.17. The van der Waals surface area contributed by atoms with Crippen molar-refractivity contribution in [2.75, 3.05) is 7.11 Å². The number of nitrogens with zero attached hydrogens (tertiary/aromatic N) is 2. The molecule has 0 radical (unpaired) electrons. The molecule has 1 aromatic heterocycles. The zero-order chi connectivity index (χ0) is 11.6. The fraction of sp³-hybridized carbons (Fsp3) is 0.429. The molecule has 15 heavy (non-hydrogen) atoms. The fourth-order valence-corrected chi connectivity index (χ4v) is 1.13. The van der Waals surface area contributed by atoms with Gasteiger partial charge in [-0.3, -0.25) is 9.36 Å². The minimum absolute atomic E-state index is 0.320.